The van der Waals surface area contributed by atoms with Crippen LogP contribution in [0.4, 0.5) is 0 Å². The van der Waals surface area contributed by atoms with Crippen LogP contribution < -0.4 is 15.8 Å². The molecule has 5 N–H and O–H groups in total. The number of carbonyl (C=O) groups is 2. The van der Waals surface area contributed by atoms with Crippen molar-refractivity contribution in [2.24, 2.45) is 5.73 Å². The first-order valence-electron chi connectivity index (χ1n) is 9.42. The molecule has 8 heteroatoms. The number of nitrogens with two attached hydrogens (primary N) is 1. The van der Waals surface area contributed by atoms with Gasteiger partial charge in [0.25, 0.3) is 5.91 Å². The second-order valence-corrected chi connectivity index (χ2v) is 7.97. The van der Waals surface area contributed by atoms with Crippen LogP contribution in [0.3, 0.4) is 0 Å². The van der Waals surface area contributed by atoms with Crippen LogP contribution in [0.5, 0.6) is 5.75 Å². The molecule has 0 spiro atoms. The summed E-state index contributed by atoms with van der Waals surface area (Å²) in [7, 11) is 0. The number of ether oxygens (including phenoxy) is 1. The van der Waals surface area contributed by atoms with Crippen LogP contribution in [0.15, 0.2) is 71.6 Å². The quantitative estimate of drug-likeness (QED) is 0.473. The molecule has 0 bridgehead atoms. The lowest BCUT2D eigenvalue weighted by Gasteiger charge is -2.16. The number of carboxylic acids is 1. The fraction of sp³-hybridized carbons (Fsp3) is 0.0870. The van der Waals surface area contributed by atoms with E-state index in [0.717, 1.165) is 4.88 Å². The van der Waals surface area contributed by atoms with Crippen molar-refractivity contribution in [2.45, 2.75) is 12.6 Å². The molecule has 0 aliphatic carbocycles. The minimum absolute atomic E-state index is 0.0899. The van der Waals surface area contributed by atoms with E-state index in [-0.39, 0.29) is 17.0 Å². The molecule has 0 radical (unpaired) electrons. The second kappa shape index (κ2) is 8.45. The van der Waals surface area contributed by atoms with Gasteiger partial charge in [-0.05, 0) is 41.3 Å². The largest absolute Gasteiger partial charge is 0.488 e. The number of nitrogens with one attached hydrogen (secondary N) is 2. The third-order valence-electron chi connectivity index (χ3n) is 4.92. The van der Waals surface area contributed by atoms with Crippen LogP contribution in [0, 0.1) is 5.41 Å². The average Bonchev–Trinajstić information content (AvgIpc) is 3.40. The fourth-order valence-electron chi connectivity index (χ4n) is 3.39. The Morgan fingerprint density at radius 2 is 1.90 bits per heavy atom. The zero-order valence-corrected chi connectivity index (χ0v) is 17.1. The van der Waals surface area contributed by atoms with Gasteiger partial charge >= 0.3 is 5.97 Å². The summed E-state index contributed by atoms with van der Waals surface area (Å²) in [5, 5.41) is 22.2. The third kappa shape index (κ3) is 4.19. The molecule has 2 aromatic carbocycles. The van der Waals surface area contributed by atoms with E-state index in [4.69, 9.17) is 15.9 Å². The minimum atomic E-state index is -1.07. The van der Waals surface area contributed by atoms with Gasteiger partial charge in [0.05, 0.1) is 11.6 Å². The van der Waals surface area contributed by atoms with Crippen molar-refractivity contribution >= 4 is 34.6 Å². The van der Waals surface area contributed by atoms with Crippen molar-refractivity contribution in [3.8, 4) is 5.75 Å². The van der Waals surface area contributed by atoms with Crippen LogP contribution in [-0.2, 0) is 11.4 Å². The number of thiophene rings is 1. The molecule has 1 saturated heterocycles. The van der Waals surface area contributed by atoms with Gasteiger partial charge in [0.15, 0.2) is 0 Å². The number of carbonyl (C=O) groups excluding carboxylic acids is 1. The molecule has 1 fully saturated rings. The standard InChI is InChI=1S/C23H19N3O4S/c24-19(13-4-2-7-16(11-13)30-12-17-8-3-9-31-17)18-20(25)22(27)26-21(18)14-5-1-6-15(10-14)23(28)29/h1-11,21,25H,12,24H2,(H,26,27)(H,28,29). The highest BCUT2D eigenvalue weighted by Crippen LogP contribution is 2.33. The van der Waals surface area contributed by atoms with Gasteiger partial charge < -0.3 is 20.9 Å². The monoisotopic (exact) mass is 433 g/mol. The summed E-state index contributed by atoms with van der Waals surface area (Å²) < 4.78 is 5.84. The topological polar surface area (TPSA) is 126 Å². The van der Waals surface area contributed by atoms with E-state index in [1.54, 1.807) is 41.7 Å². The zero-order valence-electron chi connectivity index (χ0n) is 16.3. The second-order valence-electron chi connectivity index (χ2n) is 6.94. The number of benzene rings is 2. The van der Waals surface area contributed by atoms with Gasteiger partial charge in [-0.25, -0.2) is 4.79 Å². The van der Waals surface area contributed by atoms with Gasteiger partial charge in [-0.2, -0.15) is 0 Å². The number of hydrogen-bond acceptors (Lipinski definition) is 6. The maximum atomic E-state index is 12.3. The molecule has 2 heterocycles. The normalized spacial score (nSPS) is 17.4. The summed E-state index contributed by atoms with van der Waals surface area (Å²) in [5.41, 5.74) is 7.98. The Bertz CT molecular complexity index is 1200. The number of carboxylic acid groups (broad SMARTS) is 1. The molecular formula is C23H19N3O4S. The summed E-state index contributed by atoms with van der Waals surface area (Å²) in [6.45, 7) is 0.429. The predicted octanol–water partition coefficient (Wildman–Crippen LogP) is 3.59. The predicted molar refractivity (Wildman–Crippen MR) is 118 cm³/mol. The van der Waals surface area contributed by atoms with Crippen molar-refractivity contribution in [2.75, 3.05) is 0 Å². The number of amides is 1. The molecule has 156 valence electrons. The van der Waals surface area contributed by atoms with Gasteiger partial charge in [-0.15, -0.1) is 11.3 Å². The molecule has 7 nitrogen and oxygen atoms in total. The van der Waals surface area contributed by atoms with Gasteiger partial charge in [0, 0.05) is 21.7 Å². The SMILES string of the molecule is N=C1C(=O)NC(c2cccc(C(=O)O)c2)C1=C(N)c1cccc(OCc2cccs2)c1. The van der Waals surface area contributed by atoms with Gasteiger partial charge in [0.1, 0.15) is 18.1 Å². The molecule has 1 aliphatic rings. The van der Waals surface area contributed by atoms with E-state index >= 15 is 0 Å². The van der Waals surface area contributed by atoms with E-state index in [0.29, 0.717) is 29.1 Å². The molecule has 1 unspecified atom stereocenters. The lowest BCUT2D eigenvalue weighted by Crippen LogP contribution is -2.21. The fourth-order valence-corrected chi connectivity index (χ4v) is 4.01. The summed E-state index contributed by atoms with van der Waals surface area (Å²) in [5.74, 6) is -1.02. The van der Waals surface area contributed by atoms with Crippen LogP contribution in [0.25, 0.3) is 5.70 Å². The maximum absolute atomic E-state index is 12.3. The number of aromatic carboxylic acids is 1. The van der Waals surface area contributed by atoms with Gasteiger partial charge in [-0.1, -0.05) is 30.3 Å². The first kappa shape index (κ1) is 20.4. The Morgan fingerprint density at radius 3 is 2.65 bits per heavy atom. The van der Waals surface area contributed by atoms with E-state index in [9.17, 15) is 14.7 Å². The highest BCUT2D eigenvalue weighted by atomic mass is 32.1. The van der Waals surface area contributed by atoms with Gasteiger partial charge in [-0.3, -0.25) is 10.2 Å². The molecule has 1 amide bonds. The Kier molecular flexibility index (Phi) is 5.55. The summed E-state index contributed by atoms with van der Waals surface area (Å²) >= 11 is 1.60. The molecule has 1 aromatic heterocycles. The third-order valence-corrected chi connectivity index (χ3v) is 5.77. The van der Waals surface area contributed by atoms with Gasteiger partial charge in [0.2, 0.25) is 0 Å². The zero-order chi connectivity index (χ0) is 22.0. The molecule has 3 aromatic rings. The first-order valence-corrected chi connectivity index (χ1v) is 10.3. The molecule has 4 rings (SSSR count). The number of rotatable bonds is 6. The first-order chi connectivity index (χ1) is 14.9. The summed E-state index contributed by atoms with van der Waals surface area (Å²) in [6.07, 6.45) is 0. The van der Waals surface area contributed by atoms with Crippen LogP contribution >= 0.6 is 11.3 Å². The van der Waals surface area contributed by atoms with E-state index in [1.165, 1.54) is 12.1 Å². The van der Waals surface area contributed by atoms with Crippen LogP contribution in [0.2, 0.25) is 0 Å². The lowest BCUT2D eigenvalue weighted by molar-refractivity contribution is -0.114. The molecular weight excluding hydrogens is 414 g/mol. The Labute approximate surface area is 182 Å². The molecule has 1 aliphatic heterocycles. The van der Waals surface area contributed by atoms with Crippen molar-refractivity contribution in [1.82, 2.24) is 5.32 Å². The number of hydrogen-bond donors (Lipinski definition) is 4. The van der Waals surface area contributed by atoms with Crippen molar-refractivity contribution in [1.29, 1.82) is 5.41 Å². The lowest BCUT2D eigenvalue weighted by atomic mass is 9.93. The molecule has 0 saturated carbocycles. The molecule has 31 heavy (non-hydrogen) atoms. The minimum Gasteiger partial charge on any atom is -0.488 e. The van der Waals surface area contributed by atoms with Crippen LogP contribution in [-0.4, -0.2) is 22.7 Å². The van der Waals surface area contributed by atoms with E-state index < -0.39 is 17.9 Å². The summed E-state index contributed by atoms with van der Waals surface area (Å²) in [6, 6.07) is 16.6. The van der Waals surface area contributed by atoms with Crippen molar-refractivity contribution in [3.63, 3.8) is 0 Å². The summed E-state index contributed by atoms with van der Waals surface area (Å²) in [4.78, 5) is 24.7. The molecule has 1 atom stereocenters. The van der Waals surface area contributed by atoms with Crippen molar-refractivity contribution < 1.29 is 19.4 Å². The van der Waals surface area contributed by atoms with Crippen LogP contribution in [0.1, 0.15) is 32.4 Å². The Hall–Kier alpha value is -3.91. The average molecular weight is 433 g/mol. The van der Waals surface area contributed by atoms with Crippen molar-refractivity contribution in [3.05, 3.63) is 93.2 Å². The Balaban J connectivity index is 1.69. The smallest absolute Gasteiger partial charge is 0.335 e. The van der Waals surface area contributed by atoms with E-state index in [1.807, 2.05) is 23.6 Å². The highest BCUT2D eigenvalue weighted by molar-refractivity contribution is 7.09. The maximum Gasteiger partial charge on any atom is 0.335 e. The highest BCUT2D eigenvalue weighted by Gasteiger charge is 2.36. The van der Waals surface area contributed by atoms with E-state index in [2.05, 4.69) is 5.32 Å². The Morgan fingerprint density at radius 1 is 1.13 bits per heavy atom.